The van der Waals surface area contributed by atoms with Gasteiger partial charge in [-0.3, -0.25) is 0 Å². The van der Waals surface area contributed by atoms with Crippen LogP contribution in [0.4, 0.5) is 0 Å². The number of alkyl halides is 1. The Balaban J connectivity index is 2.74. The van der Waals surface area contributed by atoms with Crippen molar-refractivity contribution >= 4 is 34.5 Å². The average molecular weight is 197 g/mol. The zero-order valence-corrected chi connectivity index (χ0v) is 7.38. The van der Waals surface area contributed by atoms with Gasteiger partial charge >= 0.3 is 0 Å². The van der Waals surface area contributed by atoms with Gasteiger partial charge in [0.25, 0.3) is 0 Å². The van der Waals surface area contributed by atoms with Gasteiger partial charge in [0, 0.05) is 0 Å². The molecule has 0 aliphatic heterocycles. The lowest BCUT2D eigenvalue weighted by atomic mass is 10.2. The Morgan fingerprint density at radius 3 is 2.80 bits per heavy atom. The quantitative estimate of drug-likeness (QED) is 0.722. The van der Waals surface area contributed by atoms with Gasteiger partial charge in [0.2, 0.25) is 0 Å². The Morgan fingerprint density at radius 1 is 1.70 bits per heavy atom. The van der Waals surface area contributed by atoms with Crippen molar-refractivity contribution in [1.29, 1.82) is 0 Å². The topological polar surface area (TPSA) is 20.2 Å². The lowest BCUT2D eigenvalue weighted by Gasteiger charge is -2.00. The van der Waals surface area contributed by atoms with Crippen LogP contribution in [0.3, 0.4) is 0 Å². The van der Waals surface area contributed by atoms with Gasteiger partial charge in [0.05, 0.1) is 16.3 Å². The molecule has 0 aliphatic rings. The van der Waals surface area contributed by atoms with Gasteiger partial charge < -0.3 is 5.11 Å². The number of aliphatic hydroxyl groups excluding tert-OH is 1. The minimum atomic E-state index is -0.578. The molecule has 0 aromatic carbocycles. The van der Waals surface area contributed by atoms with Crippen molar-refractivity contribution in [2.45, 2.75) is 6.10 Å². The fourth-order valence-electron chi connectivity index (χ4n) is 0.587. The number of aliphatic hydroxyl groups is 1. The van der Waals surface area contributed by atoms with Crippen molar-refractivity contribution < 1.29 is 5.11 Å². The first-order chi connectivity index (χ1) is 4.74. The summed E-state index contributed by atoms with van der Waals surface area (Å²) in [5.74, 6) is 0.215. The maximum Gasteiger partial charge on any atom is 0.0933 e. The molecule has 0 saturated heterocycles. The first-order valence-corrected chi connectivity index (χ1v) is 4.51. The highest BCUT2D eigenvalue weighted by Crippen LogP contribution is 2.25. The van der Waals surface area contributed by atoms with Gasteiger partial charge in [-0.05, 0) is 17.0 Å². The molecule has 1 aromatic rings. The van der Waals surface area contributed by atoms with E-state index in [-0.39, 0.29) is 5.88 Å². The maximum absolute atomic E-state index is 9.16. The molecule has 0 fully saturated rings. The van der Waals surface area contributed by atoms with Gasteiger partial charge in [-0.25, -0.2) is 0 Å². The summed E-state index contributed by atoms with van der Waals surface area (Å²) < 4.78 is 0.680. The molecule has 1 aromatic heterocycles. The van der Waals surface area contributed by atoms with E-state index in [1.54, 1.807) is 11.4 Å². The molecule has 1 nitrogen and oxygen atoms in total. The lowest BCUT2D eigenvalue weighted by molar-refractivity contribution is 0.203. The van der Waals surface area contributed by atoms with E-state index in [4.69, 9.17) is 28.3 Å². The van der Waals surface area contributed by atoms with Crippen LogP contribution >= 0.6 is 34.5 Å². The van der Waals surface area contributed by atoms with Crippen LogP contribution < -0.4 is 0 Å². The Kier molecular flexibility index (Phi) is 2.98. The Hall–Kier alpha value is 0.240. The summed E-state index contributed by atoms with van der Waals surface area (Å²) in [7, 11) is 0. The van der Waals surface area contributed by atoms with E-state index in [1.165, 1.54) is 11.3 Å². The molecule has 0 aliphatic carbocycles. The summed E-state index contributed by atoms with van der Waals surface area (Å²) in [4.78, 5) is 0. The third kappa shape index (κ3) is 1.86. The molecule has 56 valence electrons. The van der Waals surface area contributed by atoms with Crippen molar-refractivity contribution in [1.82, 2.24) is 0 Å². The van der Waals surface area contributed by atoms with E-state index in [9.17, 15) is 0 Å². The number of rotatable bonds is 2. The molecule has 0 bridgehead atoms. The normalized spacial score (nSPS) is 13.5. The van der Waals surface area contributed by atoms with Crippen LogP contribution in [-0.2, 0) is 0 Å². The van der Waals surface area contributed by atoms with Gasteiger partial charge in [-0.15, -0.1) is 22.9 Å². The van der Waals surface area contributed by atoms with E-state index in [0.717, 1.165) is 5.56 Å². The minimum Gasteiger partial charge on any atom is -0.387 e. The van der Waals surface area contributed by atoms with Crippen LogP contribution in [0.25, 0.3) is 0 Å². The van der Waals surface area contributed by atoms with Crippen LogP contribution in [0.2, 0.25) is 4.34 Å². The van der Waals surface area contributed by atoms with Gasteiger partial charge in [0.1, 0.15) is 0 Å². The van der Waals surface area contributed by atoms with Gasteiger partial charge in [-0.1, -0.05) is 11.6 Å². The highest BCUT2D eigenvalue weighted by Gasteiger charge is 2.06. The second-order valence-corrected chi connectivity index (χ2v) is 3.71. The molecule has 0 spiro atoms. The maximum atomic E-state index is 9.16. The third-order valence-corrected chi connectivity index (χ3v) is 2.52. The molecule has 0 unspecified atom stereocenters. The number of halogens is 2. The SMILES string of the molecule is O[C@@H](CCl)c1csc(Cl)c1. The highest BCUT2D eigenvalue weighted by atomic mass is 35.5. The Bertz CT molecular complexity index is 211. The molecule has 1 N–H and O–H groups in total. The van der Waals surface area contributed by atoms with Gasteiger partial charge in [0.15, 0.2) is 0 Å². The molecule has 4 heteroatoms. The zero-order valence-electron chi connectivity index (χ0n) is 5.05. The molecule has 10 heavy (non-hydrogen) atoms. The fraction of sp³-hybridized carbons (Fsp3) is 0.333. The van der Waals surface area contributed by atoms with Crippen LogP contribution in [-0.4, -0.2) is 11.0 Å². The Labute approximate surface area is 73.2 Å². The summed E-state index contributed by atoms with van der Waals surface area (Å²) >= 11 is 12.4. The molecule has 0 radical (unpaired) electrons. The number of hydrogen-bond acceptors (Lipinski definition) is 2. The van der Waals surface area contributed by atoms with Crippen molar-refractivity contribution in [2.75, 3.05) is 5.88 Å². The molecular weight excluding hydrogens is 191 g/mol. The third-order valence-electron chi connectivity index (χ3n) is 1.12. The number of thiophene rings is 1. The number of hydrogen-bond donors (Lipinski definition) is 1. The second kappa shape index (κ2) is 3.58. The van der Waals surface area contributed by atoms with Crippen molar-refractivity contribution in [3.63, 3.8) is 0 Å². The fourth-order valence-corrected chi connectivity index (χ4v) is 1.70. The van der Waals surface area contributed by atoms with Crippen LogP contribution in [0, 0.1) is 0 Å². The lowest BCUT2D eigenvalue weighted by Crippen LogP contribution is -1.95. The monoisotopic (exact) mass is 196 g/mol. The molecule has 1 rings (SSSR count). The van der Waals surface area contributed by atoms with Gasteiger partial charge in [-0.2, -0.15) is 0 Å². The van der Waals surface area contributed by atoms with Crippen molar-refractivity contribution in [3.8, 4) is 0 Å². The predicted octanol–water partition coefficient (Wildman–Crippen LogP) is 2.67. The summed E-state index contributed by atoms with van der Waals surface area (Å²) in [5.41, 5.74) is 0.796. The van der Waals surface area contributed by atoms with E-state index < -0.39 is 6.10 Å². The summed E-state index contributed by atoms with van der Waals surface area (Å²) in [6.07, 6.45) is -0.578. The van der Waals surface area contributed by atoms with E-state index >= 15 is 0 Å². The molecular formula is C6H6Cl2OS. The van der Waals surface area contributed by atoms with Crippen LogP contribution in [0.5, 0.6) is 0 Å². The average Bonchev–Trinajstić information content (AvgIpc) is 2.34. The molecule has 0 saturated carbocycles. The summed E-state index contributed by atoms with van der Waals surface area (Å²) in [6.45, 7) is 0. The van der Waals surface area contributed by atoms with E-state index in [1.807, 2.05) is 0 Å². The van der Waals surface area contributed by atoms with Crippen molar-refractivity contribution in [2.24, 2.45) is 0 Å². The predicted molar refractivity (Wildman–Crippen MR) is 45.0 cm³/mol. The van der Waals surface area contributed by atoms with E-state index in [0.29, 0.717) is 4.34 Å². The summed E-state index contributed by atoms with van der Waals surface area (Å²) in [6, 6.07) is 1.72. The standard InChI is InChI=1S/C6H6Cl2OS/c7-2-5(9)4-1-6(8)10-3-4/h1,3,5,9H,2H2/t5-/m0/s1. The Morgan fingerprint density at radius 2 is 2.40 bits per heavy atom. The van der Waals surface area contributed by atoms with Crippen LogP contribution in [0.15, 0.2) is 11.4 Å². The zero-order chi connectivity index (χ0) is 7.56. The second-order valence-electron chi connectivity index (χ2n) is 1.85. The minimum absolute atomic E-state index is 0.215. The van der Waals surface area contributed by atoms with Crippen molar-refractivity contribution in [3.05, 3.63) is 21.3 Å². The molecule has 1 atom stereocenters. The largest absolute Gasteiger partial charge is 0.387 e. The molecule has 0 amide bonds. The highest BCUT2D eigenvalue weighted by molar-refractivity contribution is 7.14. The first-order valence-electron chi connectivity index (χ1n) is 2.72. The van der Waals surface area contributed by atoms with Crippen LogP contribution in [0.1, 0.15) is 11.7 Å². The van der Waals surface area contributed by atoms with E-state index in [2.05, 4.69) is 0 Å². The summed E-state index contributed by atoms with van der Waals surface area (Å²) in [5, 5.41) is 11.0. The first kappa shape index (κ1) is 8.34. The molecule has 1 heterocycles. The smallest absolute Gasteiger partial charge is 0.0933 e.